The van der Waals surface area contributed by atoms with Crippen LogP contribution in [0.1, 0.15) is 31.7 Å². The molecule has 1 unspecified atom stereocenters. The first kappa shape index (κ1) is 14.7. The molecular formula is C16H22N2O2. The van der Waals surface area contributed by atoms with Crippen LogP contribution in [0, 0.1) is 16.7 Å². The quantitative estimate of drug-likeness (QED) is 0.830. The molecule has 2 N–H and O–H groups in total. The van der Waals surface area contributed by atoms with Gasteiger partial charge in [-0.05, 0) is 37.8 Å². The lowest BCUT2D eigenvalue weighted by atomic mass is 10.0. The number of ether oxygens (including phenoxy) is 2. The Kier molecular flexibility index (Phi) is 4.51. The summed E-state index contributed by atoms with van der Waals surface area (Å²) in [4.78, 5) is 0. The molecule has 1 fully saturated rings. The molecule has 1 atom stereocenters. The average molecular weight is 274 g/mol. The number of nitrogens with zero attached hydrogens (tertiary/aromatic N) is 1. The molecule has 4 heteroatoms. The Morgan fingerprint density at radius 2 is 2.20 bits per heavy atom. The van der Waals surface area contributed by atoms with Crippen LogP contribution in [0.15, 0.2) is 18.2 Å². The van der Waals surface area contributed by atoms with Crippen molar-refractivity contribution < 1.29 is 9.47 Å². The van der Waals surface area contributed by atoms with E-state index in [0.717, 1.165) is 36.3 Å². The summed E-state index contributed by atoms with van der Waals surface area (Å²) < 4.78 is 11.4. The number of nitriles is 1. The highest BCUT2D eigenvalue weighted by Crippen LogP contribution is 2.49. The predicted octanol–water partition coefficient (Wildman–Crippen LogP) is 2.66. The number of hydrogen-bond donors (Lipinski definition) is 1. The van der Waals surface area contributed by atoms with E-state index in [-0.39, 0.29) is 11.5 Å². The summed E-state index contributed by atoms with van der Waals surface area (Å²) in [6, 6.07) is 8.18. The van der Waals surface area contributed by atoms with Crippen molar-refractivity contribution in [3.8, 4) is 17.6 Å². The Bertz CT molecular complexity index is 502. The first-order valence-electron chi connectivity index (χ1n) is 7.01. The molecule has 0 heterocycles. The first-order valence-corrected chi connectivity index (χ1v) is 7.01. The van der Waals surface area contributed by atoms with Crippen LogP contribution in [-0.2, 0) is 6.42 Å². The molecular weight excluding hydrogens is 252 g/mol. The van der Waals surface area contributed by atoms with E-state index in [1.54, 1.807) is 7.11 Å². The lowest BCUT2D eigenvalue weighted by Crippen LogP contribution is -2.19. The van der Waals surface area contributed by atoms with Crippen LogP contribution < -0.4 is 15.2 Å². The van der Waals surface area contributed by atoms with Gasteiger partial charge in [-0.15, -0.1) is 0 Å². The van der Waals surface area contributed by atoms with Crippen LogP contribution >= 0.6 is 0 Å². The van der Waals surface area contributed by atoms with E-state index in [0.29, 0.717) is 13.0 Å². The Labute approximate surface area is 120 Å². The molecule has 0 aliphatic heterocycles. The third-order valence-corrected chi connectivity index (χ3v) is 3.76. The Hall–Kier alpha value is -1.73. The molecule has 4 nitrogen and oxygen atoms in total. The molecule has 1 aromatic carbocycles. The molecule has 1 aliphatic rings. The summed E-state index contributed by atoms with van der Waals surface area (Å²) in [5, 5.41) is 8.87. The van der Waals surface area contributed by atoms with Crippen molar-refractivity contribution in [3.05, 3.63) is 23.8 Å². The zero-order valence-electron chi connectivity index (χ0n) is 12.2. The van der Waals surface area contributed by atoms with Gasteiger partial charge in [-0.1, -0.05) is 12.1 Å². The van der Waals surface area contributed by atoms with E-state index in [4.69, 9.17) is 20.5 Å². The maximum atomic E-state index is 8.87. The second-order valence-electron chi connectivity index (χ2n) is 5.75. The molecule has 0 aromatic heterocycles. The SMILES string of the molecule is COc1cccc(CC(C)N)c1OCC1(CC#N)CC1. The van der Waals surface area contributed by atoms with Crippen molar-refractivity contribution >= 4 is 0 Å². The van der Waals surface area contributed by atoms with Gasteiger partial charge in [-0.3, -0.25) is 0 Å². The predicted molar refractivity (Wildman–Crippen MR) is 77.7 cm³/mol. The molecule has 2 rings (SSSR count). The molecule has 0 radical (unpaired) electrons. The molecule has 20 heavy (non-hydrogen) atoms. The summed E-state index contributed by atoms with van der Waals surface area (Å²) in [6.07, 6.45) is 3.44. The molecule has 0 bridgehead atoms. The Morgan fingerprint density at radius 1 is 1.45 bits per heavy atom. The summed E-state index contributed by atoms with van der Waals surface area (Å²) in [7, 11) is 1.64. The van der Waals surface area contributed by atoms with Gasteiger partial charge in [0.1, 0.15) is 0 Å². The van der Waals surface area contributed by atoms with Crippen LogP contribution in [0.3, 0.4) is 0 Å². The first-order chi connectivity index (χ1) is 9.60. The number of nitrogens with two attached hydrogens (primary N) is 1. The van der Waals surface area contributed by atoms with E-state index in [9.17, 15) is 0 Å². The van der Waals surface area contributed by atoms with Gasteiger partial charge in [-0.25, -0.2) is 0 Å². The van der Waals surface area contributed by atoms with Crippen molar-refractivity contribution in [3.63, 3.8) is 0 Å². The van der Waals surface area contributed by atoms with Gasteiger partial charge in [0.2, 0.25) is 0 Å². The highest BCUT2D eigenvalue weighted by Gasteiger charge is 2.43. The fourth-order valence-corrected chi connectivity index (χ4v) is 2.34. The minimum absolute atomic E-state index is 0.0567. The summed E-state index contributed by atoms with van der Waals surface area (Å²) in [6.45, 7) is 2.55. The second-order valence-corrected chi connectivity index (χ2v) is 5.75. The summed E-state index contributed by atoms with van der Waals surface area (Å²) >= 11 is 0. The highest BCUT2D eigenvalue weighted by atomic mass is 16.5. The zero-order chi connectivity index (χ0) is 14.6. The smallest absolute Gasteiger partial charge is 0.164 e. The van der Waals surface area contributed by atoms with E-state index in [1.165, 1.54) is 0 Å². The van der Waals surface area contributed by atoms with Crippen molar-refractivity contribution in [2.45, 2.75) is 38.6 Å². The minimum atomic E-state index is 0.0567. The van der Waals surface area contributed by atoms with Crippen molar-refractivity contribution in [1.29, 1.82) is 5.26 Å². The van der Waals surface area contributed by atoms with Crippen LogP contribution in [-0.4, -0.2) is 19.8 Å². The van der Waals surface area contributed by atoms with Gasteiger partial charge in [0.15, 0.2) is 11.5 Å². The Morgan fingerprint density at radius 3 is 2.75 bits per heavy atom. The van der Waals surface area contributed by atoms with Crippen molar-refractivity contribution in [2.75, 3.05) is 13.7 Å². The van der Waals surface area contributed by atoms with Gasteiger partial charge in [-0.2, -0.15) is 5.26 Å². The zero-order valence-corrected chi connectivity index (χ0v) is 12.2. The second kappa shape index (κ2) is 6.15. The van der Waals surface area contributed by atoms with E-state index >= 15 is 0 Å². The number of para-hydroxylation sites is 1. The van der Waals surface area contributed by atoms with E-state index < -0.39 is 0 Å². The average Bonchev–Trinajstić information content (AvgIpc) is 3.17. The lowest BCUT2D eigenvalue weighted by molar-refractivity contribution is 0.224. The van der Waals surface area contributed by atoms with Gasteiger partial charge >= 0.3 is 0 Å². The standard InChI is InChI=1S/C16H22N2O2/c1-12(18)10-13-4-3-5-14(19-2)15(13)20-11-16(6-7-16)8-9-17/h3-5,12H,6-8,10-11,18H2,1-2H3. The Balaban J connectivity index is 2.14. The van der Waals surface area contributed by atoms with Crippen LogP contribution in [0.4, 0.5) is 0 Å². The molecule has 108 valence electrons. The van der Waals surface area contributed by atoms with Crippen molar-refractivity contribution in [1.82, 2.24) is 0 Å². The summed E-state index contributed by atoms with van der Waals surface area (Å²) in [5.74, 6) is 1.51. The summed E-state index contributed by atoms with van der Waals surface area (Å²) in [5.41, 5.74) is 7.01. The molecule has 1 aliphatic carbocycles. The van der Waals surface area contributed by atoms with Crippen LogP contribution in [0.5, 0.6) is 11.5 Å². The molecule has 0 spiro atoms. The van der Waals surface area contributed by atoms with Gasteiger partial charge in [0, 0.05) is 17.9 Å². The molecule has 0 amide bonds. The number of rotatable bonds is 7. The van der Waals surface area contributed by atoms with Crippen molar-refractivity contribution in [2.24, 2.45) is 11.1 Å². The maximum Gasteiger partial charge on any atom is 0.164 e. The topological polar surface area (TPSA) is 68.3 Å². The number of benzene rings is 1. The van der Waals surface area contributed by atoms with E-state index in [1.807, 2.05) is 25.1 Å². The maximum absolute atomic E-state index is 8.87. The normalized spacial score (nSPS) is 17.1. The largest absolute Gasteiger partial charge is 0.493 e. The van der Waals surface area contributed by atoms with Gasteiger partial charge in [0.05, 0.1) is 19.8 Å². The lowest BCUT2D eigenvalue weighted by Gasteiger charge is -2.19. The number of methoxy groups -OCH3 is 1. The monoisotopic (exact) mass is 274 g/mol. The fourth-order valence-electron chi connectivity index (χ4n) is 2.34. The number of hydrogen-bond acceptors (Lipinski definition) is 4. The third-order valence-electron chi connectivity index (χ3n) is 3.76. The van der Waals surface area contributed by atoms with Crippen LogP contribution in [0.25, 0.3) is 0 Å². The fraction of sp³-hybridized carbons (Fsp3) is 0.562. The molecule has 1 aromatic rings. The highest BCUT2D eigenvalue weighted by molar-refractivity contribution is 5.47. The third kappa shape index (κ3) is 3.43. The van der Waals surface area contributed by atoms with Crippen LogP contribution in [0.2, 0.25) is 0 Å². The van der Waals surface area contributed by atoms with Gasteiger partial charge in [0.25, 0.3) is 0 Å². The van der Waals surface area contributed by atoms with E-state index in [2.05, 4.69) is 6.07 Å². The minimum Gasteiger partial charge on any atom is -0.493 e. The molecule has 0 saturated heterocycles. The molecule has 1 saturated carbocycles. The van der Waals surface area contributed by atoms with Gasteiger partial charge < -0.3 is 15.2 Å².